The van der Waals surface area contributed by atoms with Gasteiger partial charge in [-0.1, -0.05) is 121 Å². The second-order valence-corrected chi connectivity index (χ2v) is 15.6. The van der Waals surface area contributed by atoms with E-state index in [1.165, 1.54) is 38.0 Å². The molecule has 5 heteroatoms. The van der Waals surface area contributed by atoms with Crippen LogP contribution in [0.3, 0.4) is 0 Å². The lowest BCUT2D eigenvalue weighted by Crippen LogP contribution is -1.99. The monoisotopic (exact) mass is 763 g/mol. The summed E-state index contributed by atoms with van der Waals surface area (Å²) >= 11 is 0. The lowest BCUT2D eigenvalue weighted by molar-refractivity contribution is 1.16. The van der Waals surface area contributed by atoms with Gasteiger partial charge in [-0.25, -0.2) is 0 Å². The summed E-state index contributed by atoms with van der Waals surface area (Å²) in [6, 6.07) is 74.0. The number of fused-ring (bicyclic) bond motifs is 14. The van der Waals surface area contributed by atoms with Gasteiger partial charge in [-0.2, -0.15) is 5.26 Å². The SMILES string of the molecule is N#Cc1cc(-n2c3ccccc3c3c2ccc2c4ccccc4n(-c4ccccc4)c23)cc2c3ccc4c(c5ccccc5n4-c4ccccc4)c3n(-c3ccccc3)c12. The number of aromatic nitrogens is 4. The molecule has 0 saturated heterocycles. The Balaban J connectivity index is 1.19. The van der Waals surface area contributed by atoms with E-state index in [4.69, 9.17) is 0 Å². The van der Waals surface area contributed by atoms with Crippen molar-refractivity contribution in [2.24, 2.45) is 0 Å². The molecular weight excluding hydrogens is 731 g/mol. The zero-order valence-corrected chi connectivity index (χ0v) is 32.3. The predicted molar refractivity (Wildman–Crippen MR) is 249 cm³/mol. The van der Waals surface area contributed by atoms with Crippen LogP contribution in [0.2, 0.25) is 0 Å². The van der Waals surface area contributed by atoms with Crippen LogP contribution >= 0.6 is 0 Å². The van der Waals surface area contributed by atoms with Gasteiger partial charge < -0.3 is 18.3 Å². The van der Waals surface area contributed by atoms with Crippen LogP contribution in [-0.2, 0) is 0 Å². The molecule has 13 rings (SSSR count). The third-order valence-corrected chi connectivity index (χ3v) is 12.5. The topological polar surface area (TPSA) is 43.5 Å². The normalized spacial score (nSPS) is 12.0. The zero-order valence-electron chi connectivity index (χ0n) is 32.3. The maximum absolute atomic E-state index is 11.2. The highest BCUT2D eigenvalue weighted by molar-refractivity contribution is 6.28. The molecule has 0 N–H and O–H groups in total. The van der Waals surface area contributed by atoms with Crippen molar-refractivity contribution < 1.29 is 0 Å². The zero-order chi connectivity index (χ0) is 39.5. The number of rotatable bonds is 4. The number of nitriles is 1. The first-order valence-electron chi connectivity index (χ1n) is 20.3. The van der Waals surface area contributed by atoms with Crippen LogP contribution in [0.5, 0.6) is 0 Å². The molecule has 0 aliphatic heterocycles. The summed E-state index contributed by atoms with van der Waals surface area (Å²) in [4.78, 5) is 0. The van der Waals surface area contributed by atoms with E-state index in [-0.39, 0.29) is 0 Å². The van der Waals surface area contributed by atoms with Crippen LogP contribution in [0.25, 0.3) is 110 Å². The number of benzene rings is 9. The van der Waals surface area contributed by atoms with Gasteiger partial charge >= 0.3 is 0 Å². The van der Waals surface area contributed by atoms with Gasteiger partial charge in [-0.15, -0.1) is 0 Å². The number of nitrogens with zero attached hydrogens (tertiary/aromatic N) is 5. The minimum Gasteiger partial charge on any atom is -0.309 e. The van der Waals surface area contributed by atoms with Gasteiger partial charge in [0, 0.05) is 65.8 Å². The van der Waals surface area contributed by atoms with Crippen molar-refractivity contribution in [3.63, 3.8) is 0 Å². The summed E-state index contributed by atoms with van der Waals surface area (Å²) in [5.41, 5.74) is 13.6. The summed E-state index contributed by atoms with van der Waals surface area (Å²) in [7, 11) is 0. The largest absolute Gasteiger partial charge is 0.309 e. The Morgan fingerprint density at radius 3 is 1.25 bits per heavy atom. The van der Waals surface area contributed by atoms with Crippen molar-refractivity contribution in [3.05, 3.63) is 206 Å². The minimum atomic E-state index is 0.618. The molecule has 4 heterocycles. The van der Waals surface area contributed by atoms with E-state index in [0.29, 0.717) is 5.56 Å². The van der Waals surface area contributed by atoms with Gasteiger partial charge in [0.2, 0.25) is 0 Å². The van der Waals surface area contributed by atoms with Crippen LogP contribution in [0, 0.1) is 11.3 Å². The third kappa shape index (κ3) is 4.34. The van der Waals surface area contributed by atoms with Gasteiger partial charge in [0.1, 0.15) is 6.07 Å². The molecular formula is C55H33N5. The fourth-order valence-corrected chi connectivity index (χ4v) is 10.2. The first-order valence-corrected chi connectivity index (χ1v) is 20.3. The summed E-state index contributed by atoms with van der Waals surface area (Å²) in [5.74, 6) is 0. The first-order chi connectivity index (χ1) is 29.8. The summed E-state index contributed by atoms with van der Waals surface area (Å²) in [5, 5.41) is 20.5. The first kappa shape index (κ1) is 32.7. The molecule has 0 unspecified atom stereocenters. The highest BCUT2D eigenvalue weighted by atomic mass is 15.0. The van der Waals surface area contributed by atoms with Crippen LogP contribution in [0.1, 0.15) is 5.56 Å². The minimum absolute atomic E-state index is 0.618. The van der Waals surface area contributed by atoms with Gasteiger partial charge in [-0.05, 0) is 78.9 Å². The molecule has 0 saturated carbocycles. The second-order valence-electron chi connectivity index (χ2n) is 15.6. The van der Waals surface area contributed by atoms with Gasteiger partial charge in [0.15, 0.2) is 0 Å². The average Bonchev–Trinajstić information content (AvgIpc) is 4.04. The van der Waals surface area contributed by atoms with E-state index in [0.717, 1.165) is 72.0 Å². The number of hydrogen-bond acceptors (Lipinski definition) is 1. The molecule has 0 aliphatic carbocycles. The Kier molecular flexibility index (Phi) is 6.73. The van der Waals surface area contributed by atoms with Gasteiger partial charge in [0.05, 0.1) is 49.7 Å². The molecule has 0 atom stereocenters. The summed E-state index contributed by atoms with van der Waals surface area (Å²) < 4.78 is 9.47. The number of para-hydroxylation sites is 6. The maximum Gasteiger partial charge on any atom is 0.101 e. The molecule has 0 fully saturated rings. The molecule has 0 aliphatic rings. The van der Waals surface area contributed by atoms with Crippen LogP contribution in [0.4, 0.5) is 0 Å². The third-order valence-electron chi connectivity index (χ3n) is 12.5. The predicted octanol–water partition coefficient (Wildman–Crippen LogP) is 13.9. The lowest BCUT2D eigenvalue weighted by atomic mass is 10.1. The maximum atomic E-state index is 11.2. The molecule has 9 aromatic carbocycles. The van der Waals surface area contributed by atoms with Crippen molar-refractivity contribution in [2.75, 3.05) is 0 Å². The molecule has 278 valence electrons. The molecule has 0 radical (unpaired) electrons. The molecule has 4 aromatic heterocycles. The van der Waals surface area contributed by atoms with E-state index >= 15 is 0 Å². The van der Waals surface area contributed by atoms with Gasteiger partial charge in [-0.3, -0.25) is 0 Å². The quantitative estimate of drug-likeness (QED) is 0.176. The Morgan fingerprint density at radius 2 is 0.700 bits per heavy atom. The van der Waals surface area contributed by atoms with Crippen molar-refractivity contribution in [1.29, 1.82) is 5.26 Å². The van der Waals surface area contributed by atoms with E-state index in [2.05, 4.69) is 218 Å². The number of hydrogen-bond donors (Lipinski definition) is 0. The van der Waals surface area contributed by atoms with Crippen molar-refractivity contribution >= 4 is 87.2 Å². The fourth-order valence-electron chi connectivity index (χ4n) is 10.2. The van der Waals surface area contributed by atoms with Crippen molar-refractivity contribution in [3.8, 4) is 28.8 Å². The molecule has 5 nitrogen and oxygen atoms in total. The molecule has 0 amide bonds. The Bertz CT molecular complexity index is 3930. The Hall–Kier alpha value is -8.33. The van der Waals surface area contributed by atoms with Crippen LogP contribution < -0.4 is 0 Å². The van der Waals surface area contributed by atoms with E-state index < -0.39 is 0 Å². The van der Waals surface area contributed by atoms with E-state index in [1.54, 1.807) is 0 Å². The highest BCUT2D eigenvalue weighted by Crippen LogP contribution is 2.46. The molecule has 60 heavy (non-hydrogen) atoms. The fraction of sp³-hybridized carbons (Fsp3) is 0. The summed E-state index contributed by atoms with van der Waals surface area (Å²) in [6.45, 7) is 0. The van der Waals surface area contributed by atoms with Crippen molar-refractivity contribution in [2.45, 2.75) is 0 Å². The van der Waals surface area contributed by atoms with E-state index in [9.17, 15) is 5.26 Å². The molecule has 0 spiro atoms. The van der Waals surface area contributed by atoms with Gasteiger partial charge in [0.25, 0.3) is 0 Å². The Labute approximate surface area is 344 Å². The smallest absolute Gasteiger partial charge is 0.101 e. The van der Waals surface area contributed by atoms with Crippen molar-refractivity contribution in [1.82, 2.24) is 18.3 Å². The second kappa shape index (κ2) is 12.3. The van der Waals surface area contributed by atoms with Crippen LogP contribution in [0.15, 0.2) is 200 Å². The molecule has 13 aromatic rings. The Morgan fingerprint density at radius 1 is 0.283 bits per heavy atom. The van der Waals surface area contributed by atoms with E-state index in [1.807, 2.05) is 6.07 Å². The molecule has 0 bridgehead atoms. The highest BCUT2D eigenvalue weighted by Gasteiger charge is 2.25. The summed E-state index contributed by atoms with van der Waals surface area (Å²) in [6.07, 6.45) is 0. The average molecular weight is 764 g/mol. The van der Waals surface area contributed by atoms with Crippen LogP contribution in [-0.4, -0.2) is 18.3 Å². The lowest BCUT2D eigenvalue weighted by Gasteiger charge is -2.12. The standard InChI is InChI=1S/C55H33N5/c56-34-35-32-39(58-48-27-15-12-24-44(48)51-50(58)30-28-41-40-22-10-13-25-46(40)59(54(41)51)37-18-6-2-7-19-37)33-45-42-29-31-49-52(55(42)60(53(35)45)38-20-8-3-9-21-38)43-23-11-14-26-47(43)57(49)36-16-4-1-5-17-36/h1-33H.